The predicted molar refractivity (Wildman–Crippen MR) is 114 cm³/mol. The number of hydrogen-bond acceptors (Lipinski definition) is 4. The molecule has 0 spiro atoms. The molecule has 0 saturated carbocycles. The van der Waals surface area contributed by atoms with E-state index in [1.807, 2.05) is 0 Å². The average molecular weight is 529 g/mol. The van der Waals surface area contributed by atoms with Crippen LogP contribution in [0.1, 0.15) is 19.4 Å². The van der Waals surface area contributed by atoms with Crippen molar-refractivity contribution >= 4 is 39.3 Å². The Hall–Kier alpha value is -3.39. The second kappa shape index (κ2) is 9.62. The fraction of sp³-hybridized carbons (Fsp3) is 0.182. The number of benzene rings is 2. The topological polar surface area (TPSA) is 51.1 Å². The highest BCUT2D eigenvalue weighted by Crippen LogP contribution is 2.38. The first-order valence-corrected chi connectivity index (χ1v) is 10.1. The average Bonchev–Trinajstić information content (AvgIpc) is 3.04. The third-order valence-electron chi connectivity index (χ3n) is 4.40. The molecule has 0 radical (unpaired) electrons. The molecular weight excluding hydrogens is 515 g/mol. The summed E-state index contributed by atoms with van der Waals surface area (Å²) in [6.45, 7) is 3.34. The maximum atomic E-state index is 14.2. The highest BCUT2D eigenvalue weighted by Gasteiger charge is 2.37. The van der Waals surface area contributed by atoms with Crippen LogP contribution in [0.2, 0.25) is 0 Å². The number of hydrazone groups is 1. The second-order valence-electron chi connectivity index (χ2n) is 6.53. The summed E-state index contributed by atoms with van der Waals surface area (Å²) in [4.78, 5) is 12.8. The number of carbonyl (C=O) groups is 1. The van der Waals surface area contributed by atoms with Gasteiger partial charge in [0.05, 0.1) is 22.4 Å². The third kappa shape index (κ3) is 4.43. The molecule has 3 rings (SSSR count). The van der Waals surface area contributed by atoms with Gasteiger partial charge in [-0.3, -0.25) is 4.79 Å². The van der Waals surface area contributed by atoms with Crippen LogP contribution >= 0.6 is 15.9 Å². The van der Waals surface area contributed by atoms with Crippen molar-refractivity contribution in [2.24, 2.45) is 5.10 Å². The normalized spacial score (nSPS) is 14.5. The van der Waals surface area contributed by atoms with Crippen molar-refractivity contribution < 1.29 is 36.2 Å². The molecule has 1 aliphatic heterocycles. The van der Waals surface area contributed by atoms with Crippen LogP contribution in [-0.4, -0.2) is 24.8 Å². The number of rotatable bonds is 6. The van der Waals surface area contributed by atoms with Crippen molar-refractivity contribution in [2.45, 2.75) is 13.8 Å². The van der Waals surface area contributed by atoms with Crippen LogP contribution in [0.5, 0.6) is 11.5 Å². The SMILES string of the molecule is C#CCOc1c(Br)cc(/C=C2/C(=O)N(c3c(F)c(F)c(F)c(F)c3F)N=C2C)cc1OCC. The first kappa shape index (κ1) is 24.3. The number of nitrogens with zero attached hydrogens (tertiary/aromatic N) is 2. The zero-order chi connectivity index (χ0) is 24.4. The quantitative estimate of drug-likeness (QED) is 0.167. The summed E-state index contributed by atoms with van der Waals surface area (Å²) in [5.74, 6) is -9.19. The second-order valence-corrected chi connectivity index (χ2v) is 7.39. The van der Waals surface area contributed by atoms with Gasteiger partial charge in [-0.25, -0.2) is 22.0 Å². The van der Waals surface area contributed by atoms with Gasteiger partial charge in [-0.1, -0.05) is 5.92 Å². The Morgan fingerprint density at radius 3 is 2.27 bits per heavy atom. The number of anilines is 1. The van der Waals surface area contributed by atoms with Gasteiger partial charge in [0.15, 0.2) is 34.8 Å². The van der Waals surface area contributed by atoms with Gasteiger partial charge in [-0.2, -0.15) is 10.1 Å². The zero-order valence-electron chi connectivity index (χ0n) is 17.1. The van der Waals surface area contributed by atoms with Crippen LogP contribution in [0.25, 0.3) is 6.08 Å². The van der Waals surface area contributed by atoms with Gasteiger partial charge in [0.25, 0.3) is 5.91 Å². The maximum absolute atomic E-state index is 14.2. The van der Waals surface area contributed by atoms with Gasteiger partial charge < -0.3 is 9.47 Å². The lowest BCUT2D eigenvalue weighted by Gasteiger charge is -2.15. The van der Waals surface area contributed by atoms with E-state index >= 15 is 0 Å². The van der Waals surface area contributed by atoms with E-state index < -0.39 is 40.7 Å². The van der Waals surface area contributed by atoms with Gasteiger partial charge in [-0.15, -0.1) is 6.42 Å². The summed E-state index contributed by atoms with van der Waals surface area (Å²) in [6.07, 6.45) is 6.54. The summed E-state index contributed by atoms with van der Waals surface area (Å²) >= 11 is 3.32. The van der Waals surface area contributed by atoms with Crippen molar-refractivity contribution in [3.05, 3.63) is 56.8 Å². The van der Waals surface area contributed by atoms with E-state index in [1.165, 1.54) is 19.1 Å². The van der Waals surface area contributed by atoms with E-state index in [9.17, 15) is 26.7 Å². The van der Waals surface area contributed by atoms with Crippen molar-refractivity contribution in [1.29, 1.82) is 0 Å². The number of amides is 1. The van der Waals surface area contributed by atoms with Gasteiger partial charge >= 0.3 is 0 Å². The van der Waals surface area contributed by atoms with E-state index in [-0.39, 0.29) is 29.5 Å². The molecule has 172 valence electrons. The molecule has 33 heavy (non-hydrogen) atoms. The highest BCUT2D eigenvalue weighted by molar-refractivity contribution is 9.10. The lowest BCUT2D eigenvalue weighted by atomic mass is 10.1. The molecule has 0 aliphatic carbocycles. The number of carbonyl (C=O) groups excluding carboxylic acids is 1. The molecule has 5 nitrogen and oxygen atoms in total. The fourth-order valence-corrected chi connectivity index (χ4v) is 3.54. The van der Waals surface area contributed by atoms with Crippen LogP contribution in [-0.2, 0) is 4.79 Å². The Labute approximate surface area is 193 Å². The molecule has 1 amide bonds. The fourth-order valence-electron chi connectivity index (χ4n) is 2.97. The minimum atomic E-state index is -2.34. The molecule has 0 aromatic heterocycles. The molecular formula is C22H14BrF5N2O3. The Morgan fingerprint density at radius 2 is 1.70 bits per heavy atom. The molecule has 1 aliphatic rings. The third-order valence-corrected chi connectivity index (χ3v) is 4.99. The molecule has 0 N–H and O–H groups in total. The smallest absolute Gasteiger partial charge is 0.280 e. The van der Waals surface area contributed by atoms with E-state index in [2.05, 4.69) is 27.0 Å². The predicted octanol–water partition coefficient (Wildman–Crippen LogP) is 5.36. The van der Waals surface area contributed by atoms with E-state index in [0.29, 0.717) is 21.5 Å². The number of hydrogen-bond donors (Lipinski definition) is 0. The Bertz CT molecular complexity index is 1220. The summed E-state index contributed by atoms with van der Waals surface area (Å²) in [5.41, 5.74) is -1.21. The van der Waals surface area contributed by atoms with Crippen LogP contribution in [0.15, 0.2) is 27.3 Å². The standard InChI is InChI=1S/C22H14BrF5N2O3/c1-4-6-33-21-13(23)8-11(9-14(21)32-5-2)7-12-10(3)29-30(22(12)31)20-18(27)16(25)15(24)17(26)19(20)28/h1,7-9H,5-6H2,2-3H3/b12-7+. The number of halogens is 6. The van der Waals surface area contributed by atoms with Crippen molar-refractivity contribution in [3.8, 4) is 23.8 Å². The van der Waals surface area contributed by atoms with Gasteiger partial charge in [0, 0.05) is 0 Å². The van der Waals surface area contributed by atoms with Crippen LogP contribution in [0, 0.1) is 41.4 Å². The van der Waals surface area contributed by atoms with Crippen LogP contribution < -0.4 is 14.5 Å². The molecule has 2 aromatic carbocycles. The molecule has 2 aromatic rings. The Morgan fingerprint density at radius 1 is 1.09 bits per heavy atom. The molecule has 0 saturated heterocycles. The number of terminal acetylenes is 1. The van der Waals surface area contributed by atoms with Crippen molar-refractivity contribution in [3.63, 3.8) is 0 Å². The van der Waals surface area contributed by atoms with Gasteiger partial charge in [0.1, 0.15) is 12.3 Å². The Balaban J connectivity index is 2.06. The molecule has 0 bridgehead atoms. The summed E-state index contributed by atoms with van der Waals surface area (Å²) in [5, 5.41) is 3.84. The minimum Gasteiger partial charge on any atom is -0.490 e. The summed E-state index contributed by atoms with van der Waals surface area (Å²) < 4.78 is 80.4. The lowest BCUT2D eigenvalue weighted by Crippen LogP contribution is -2.25. The molecule has 1 heterocycles. The first-order valence-electron chi connectivity index (χ1n) is 9.28. The number of ether oxygens (including phenoxy) is 2. The lowest BCUT2D eigenvalue weighted by molar-refractivity contribution is -0.114. The minimum absolute atomic E-state index is 0.00863. The summed E-state index contributed by atoms with van der Waals surface area (Å²) in [7, 11) is 0. The first-order chi connectivity index (χ1) is 15.6. The highest BCUT2D eigenvalue weighted by atomic mass is 79.9. The Kier molecular flexibility index (Phi) is 7.07. The van der Waals surface area contributed by atoms with Gasteiger partial charge in [-0.05, 0) is 53.5 Å². The van der Waals surface area contributed by atoms with Crippen LogP contribution in [0.4, 0.5) is 27.6 Å². The van der Waals surface area contributed by atoms with Crippen molar-refractivity contribution in [2.75, 3.05) is 18.2 Å². The van der Waals surface area contributed by atoms with E-state index in [4.69, 9.17) is 15.9 Å². The monoisotopic (exact) mass is 528 g/mol. The van der Waals surface area contributed by atoms with E-state index in [1.54, 1.807) is 13.0 Å². The largest absolute Gasteiger partial charge is 0.490 e. The molecule has 0 unspecified atom stereocenters. The molecule has 0 atom stereocenters. The molecule has 11 heteroatoms. The van der Waals surface area contributed by atoms with Crippen molar-refractivity contribution in [1.82, 2.24) is 0 Å². The van der Waals surface area contributed by atoms with Gasteiger partial charge in [0.2, 0.25) is 5.82 Å². The van der Waals surface area contributed by atoms with E-state index in [0.717, 1.165) is 0 Å². The zero-order valence-corrected chi connectivity index (χ0v) is 18.7. The molecule has 0 fully saturated rings. The van der Waals surface area contributed by atoms with Crippen LogP contribution in [0.3, 0.4) is 0 Å². The summed E-state index contributed by atoms with van der Waals surface area (Å²) in [6, 6.07) is 3.08. The maximum Gasteiger partial charge on any atom is 0.280 e.